The van der Waals surface area contributed by atoms with E-state index in [9.17, 15) is 0 Å². The lowest BCUT2D eigenvalue weighted by molar-refractivity contribution is 0.322. The standard InChI is InChI=1S/C14H25N3/c1-13(2)15-11-14-5-8-17(12-14)10-9-16-6-3-4-7-16/h5,8,12-13,15H,3-4,6-7,9-11H2,1-2H3. The molecule has 1 saturated heterocycles. The number of nitrogens with one attached hydrogen (secondary N) is 1. The third kappa shape index (κ3) is 4.17. The molecule has 1 N–H and O–H groups in total. The topological polar surface area (TPSA) is 20.2 Å². The van der Waals surface area contributed by atoms with Gasteiger partial charge in [-0.05, 0) is 37.6 Å². The van der Waals surface area contributed by atoms with Crippen LogP contribution in [-0.4, -0.2) is 35.1 Å². The Morgan fingerprint density at radius 2 is 2.00 bits per heavy atom. The van der Waals surface area contributed by atoms with Crippen LogP contribution < -0.4 is 5.32 Å². The van der Waals surface area contributed by atoms with Crippen LogP contribution in [0.1, 0.15) is 32.3 Å². The first kappa shape index (κ1) is 12.7. The fourth-order valence-electron chi connectivity index (χ4n) is 2.32. The number of hydrogen-bond acceptors (Lipinski definition) is 2. The van der Waals surface area contributed by atoms with E-state index in [0.717, 1.165) is 13.1 Å². The highest BCUT2D eigenvalue weighted by Gasteiger charge is 2.10. The van der Waals surface area contributed by atoms with E-state index in [1.165, 1.54) is 38.0 Å². The van der Waals surface area contributed by atoms with Gasteiger partial charge < -0.3 is 14.8 Å². The molecular weight excluding hydrogens is 210 g/mol. The van der Waals surface area contributed by atoms with Gasteiger partial charge in [0.05, 0.1) is 0 Å². The van der Waals surface area contributed by atoms with Crippen LogP contribution in [0.25, 0.3) is 0 Å². The van der Waals surface area contributed by atoms with Gasteiger partial charge in [-0.25, -0.2) is 0 Å². The number of hydrogen-bond donors (Lipinski definition) is 1. The van der Waals surface area contributed by atoms with E-state index in [0.29, 0.717) is 6.04 Å². The molecule has 2 rings (SSSR count). The van der Waals surface area contributed by atoms with Crippen molar-refractivity contribution in [3.05, 3.63) is 24.0 Å². The first-order valence-corrected chi connectivity index (χ1v) is 6.84. The summed E-state index contributed by atoms with van der Waals surface area (Å²) in [5.74, 6) is 0. The number of rotatable bonds is 6. The van der Waals surface area contributed by atoms with Crippen molar-refractivity contribution in [2.45, 2.75) is 45.8 Å². The van der Waals surface area contributed by atoms with Crippen molar-refractivity contribution in [1.29, 1.82) is 0 Å². The monoisotopic (exact) mass is 235 g/mol. The number of aromatic nitrogens is 1. The molecule has 1 fully saturated rings. The summed E-state index contributed by atoms with van der Waals surface area (Å²) < 4.78 is 2.32. The lowest BCUT2D eigenvalue weighted by atomic mass is 10.3. The molecular formula is C14H25N3. The minimum atomic E-state index is 0.558. The summed E-state index contributed by atoms with van der Waals surface area (Å²) in [6.45, 7) is 10.3. The van der Waals surface area contributed by atoms with Crippen LogP contribution in [-0.2, 0) is 13.1 Å². The molecule has 0 spiro atoms. The van der Waals surface area contributed by atoms with Gasteiger partial charge in [-0.3, -0.25) is 0 Å². The fourth-order valence-corrected chi connectivity index (χ4v) is 2.32. The van der Waals surface area contributed by atoms with Crippen molar-refractivity contribution in [1.82, 2.24) is 14.8 Å². The summed E-state index contributed by atoms with van der Waals surface area (Å²) in [6.07, 6.45) is 7.24. The minimum absolute atomic E-state index is 0.558. The lowest BCUT2D eigenvalue weighted by Gasteiger charge is -2.14. The third-order valence-electron chi connectivity index (χ3n) is 3.40. The molecule has 0 saturated carbocycles. The average Bonchev–Trinajstić information content (AvgIpc) is 2.95. The summed E-state index contributed by atoms with van der Waals surface area (Å²) in [5, 5.41) is 3.45. The van der Waals surface area contributed by atoms with Crippen molar-refractivity contribution in [3.63, 3.8) is 0 Å². The second kappa shape index (κ2) is 6.22. The zero-order valence-corrected chi connectivity index (χ0v) is 11.2. The van der Waals surface area contributed by atoms with E-state index >= 15 is 0 Å². The molecule has 0 unspecified atom stereocenters. The molecule has 0 aromatic carbocycles. The Labute approximate surface area is 105 Å². The van der Waals surface area contributed by atoms with Crippen LogP contribution >= 0.6 is 0 Å². The van der Waals surface area contributed by atoms with Crippen molar-refractivity contribution in [3.8, 4) is 0 Å². The van der Waals surface area contributed by atoms with Gasteiger partial charge in [0.2, 0.25) is 0 Å². The van der Waals surface area contributed by atoms with Crippen LogP contribution in [0.4, 0.5) is 0 Å². The molecule has 2 heterocycles. The molecule has 0 atom stereocenters. The summed E-state index contributed by atoms with van der Waals surface area (Å²) in [7, 11) is 0. The van der Waals surface area contributed by atoms with Crippen molar-refractivity contribution in [2.24, 2.45) is 0 Å². The molecule has 96 valence electrons. The largest absolute Gasteiger partial charge is 0.353 e. The molecule has 0 bridgehead atoms. The van der Waals surface area contributed by atoms with E-state index in [1.54, 1.807) is 0 Å². The maximum Gasteiger partial charge on any atom is 0.0347 e. The Hall–Kier alpha value is -0.800. The molecule has 17 heavy (non-hydrogen) atoms. The molecule has 3 heteroatoms. The van der Waals surface area contributed by atoms with E-state index in [4.69, 9.17) is 0 Å². The van der Waals surface area contributed by atoms with Gasteiger partial charge in [0.25, 0.3) is 0 Å². The molecule has 0 aliphatic carbocycles. The predicted octanol–water partition coefficient (Wildman–Crippen LogP) is 2.08. The van der Waals surface area contributed by atoms with Gasteiger partial charge in [-0.15, -0.1) is 0 Å². The highest BCUT2D eigenvalue weighted by atomic mass is 15.2. The summed E-state index contributed by atoms with van der Waals surface area (Å²) >= 11 is 0. The second-order valence-electron chi connectivity index (χ2n) is 5.34. The summed E-state index contributed by atoms with van der Waals surface area (Å²) in [4.78, 5) is 2.56. The SMILES string of the molecule is CC(C)NCc1ccn(CCN2CCCC2)c1. The Bertz CT molecular complexity index is 324. The van der Waals surface area contributed by atoms with E-state index in [2.05, 4.69) is 47.1 Å². The van der Waals surface area contributed by atoms with Crippen LogP contribution in [0.2, 0.25) is 0 Å². The minimum Gasteiger partial charge on any atom is -0.353 e. The average molecular weight is 235 g/mol. The molecule has 1 aliphatic heterocycles. The lowest BCUT2D eigenvalue weighted by Crippen LogP contribution is -2.23. The van der Waals surface area contributed by atoms with Gasteiger partial charge in [-0.2, -0.15) is 0 Å². The first-order valence-electron chi connectivity index (χ1n) is 6.84. The van der Waals surface area contributed by atoms with E-state index < -0.39 is 0 Å². The van der Waals surface area contributed by atoms with Crippen LogP contribution in [0.5, 0.6) is 0 Å². The Balaban J connectivity index is 1.73. The summed E-state index contributed by atoms with van der Waals surface area (Å²) in [6, 6.07) is 2.78. The van der Waals surface area contributed by atoms with Crippen LogP contribution in [0.3, 0.4) is 0 Å². The molecule has 0 radical (unpaired) electrons. The van der Waals surface area contributed by atoms with E-state index in [-0.39, 0.29) is 0 Å². The highest BCUT2D eigenvalue weighted by Crippen LogP contribution is 2.08. The van der Waals surface area contributed by atoms with Gasteiger partial charge in [0.1, 0.15) is 0 Å². The normalized spacial score (nSPS) is 17.1. The maximum atomic E-state index is 3.45. The Kier molecular flexibility index (Phi) is 4.63. The smallest absolute Gasteiger partial charge is 0.0347 e. The Morgan fingerprint density at radius 1 is 1.24 bits per heavy atom. The molecule has 1 aromatic rings. The highest BCUT2D eigenvalue weighted by molar-refractivity contribution is 5.10. The molecule has 3 nitrogen and oxygen atoms in total. The Morgan fingerprint density at radius 3 is 2.71 bits per heavy atom. The zero-order valence-electron chi connectivity index (χ0n) is 11.2. The summed E-state index contributed by atoms with van der Waals surface area (Å²) in [5.41, 5.74) is 1.39. The van der Waals surface area contributed by atoms with Crippen LogP contribution in [0.15, 0.2) is 18.5 Å². The maximum absolute atomic E-state index is 3.45. The molecule has 1 aromatic heterocycles. The van der Waals surface area contributed by atoms with Crippen LogP contribution in [0, 0.1) is 0 Å². The van der Waals surface area contributed by atoms with Crippen molar-refractivity contribution in [2.75, 3.05) is 19.6 Å². The van der Waals surface area contributed by atoms with Gasteiger partial charge in [-0.1, -0.05) is 13.8 Å². The quantitative estimate of drug-likeness (QED) is 0.814. The van der Waals surface area contributed by atoms with Gasteiger partial charge in [0.15, 0.2) is 0 Å². The second-order valence-corrected chi connectivity index (χ2v) is 5.34. The zero-order chi connectivity index (χ0) is 12.1. The first-order chi connectivity index (χ1) is 8.24. The fraction of sp³-hybridized carbons (Fsp3) is 0.714. The number of nitrogens with zero attached hydrogens (tertiary/aromatic N) is 2. The van der Waals surface area contributed by atoms with E-state index in [1.807, 2.05) is 0 Å². The molecule has 1 aliphatic rings. The van der Waals surface area contributed by atoms with Crippen molar-refractivity contribution >= 4 is 0 Å². The van der Waals surface area contributed by atoms with Crippen molar-refractivity contribution < 1.29 is 0 Å². The predicted molar refractivity (Wildman–Crippen MR) is 72.1 cm³/mol. The molecule has 0 amide bonds. The van der Waals surface area contributed by atoms with Gasteiger partial charge >= 0.3 is 0 Å². The van der Waals surface area contributed by atoms with Gasteiger partial charge in [0, 0.05) is 38.1 Å². The third-order valence-corrected chi connectivity index (χ3v) is 3.40. The number of likely N-dealkylation sites (tertiary alicyclic amines) is 1.